The summed E-state index contributed by atoms with van der Waals surface area (Å²) in [6, 6.07) is 11.3. The molecule has 0 spiro atoms. The van der Waals surface area contributed by atoms with E-state index in [4.69, 9.17) is 21.0 Å². The largest absolute Gasteiger partial charge is 0.379 e. The summed E-state index contributed by atoms with van der Waals surface area (Å²) in [6.07, 6.45) is 0. The molecule has 0 saturated carbocycles. The zero-order valence-corrected chi connectivity index (χ0v) is 13.0. The Labute approximate surface area is 132 Å². The topological polar surface area (TPSA) is 84.2 Å². The van der Waals surface area contributed by atoms with Crippen LogP contribution in [0.15, 0.2) is 47.4 Å². The van der Waals surface area contributed by atoms with Gasteiger partial charge in [-0.15, -0.1) is 0 Å². The second kappa shape index (κ2) is 6.18. The number of ketones is 1. The quantitative estimate of drug-likeness (QED) is 0.633. The maximum Gasteiger partial charge on any atom is 0.339 e. The van der Waals surface area contributed by atoms with Crippen LogP contribution >= 0.6 is 11.6 Å². The lowest BCUT2D eigenvalue weighted by Gasteiger charge is -2.08. The van der Waals surface area contributed by atoms with Crippen molar-refractivity contribution in [1.29, 1.82) is 5.26 Å². The standard InChI is InChI=1S/C15H10ClNO4S/c1-10(18)11-3-2-4-13(7-11)21-22(19,20)14-6-5-12(9-17)15(16)8-14/h2-8H,1H3. The van der Waals surface area contributed by atoms with Gasteiger partial charge >= 0.3 is 10.1 Å². The van der Waals surface area contributed by atoms with Crippen molar-refractivity contribution in [2.45, 2.75) is 11.8 Å². The molecule has 2 aromatic carbocycles. The molecule has 0 aliphatic rings. The Morgan fingerprint density at radius 3 is 2.55 bits per heavy atom. The highest BCUT2D eigenvalue weighted by Crippen LogP contribution is 2.24. The minimum atomic E-state index is -4.11. The molecule has 0 atom stereocenters. The van der Waals surface area contributed by atoms with Gasteiger partial charge in [-0.05, 0) is 37.3 Å². The molecule has 112 valence electrons. The van der Waals surface area contributed by atoms with Crippen molar-refractivity contribution in [3.05, 3.63) is 58.6 Å². The van der Waals surface area contributed by atoms with Gasteiger partial charge in [-0.2, -0.15) is 13.7 Å². The minimum Gasteiger partial charge on any atom is -0.379 e. The lowest BCUT2D eigenvalue weighted by atomic mass is 10.1. The number of carbonyl (C=O) groups excluding carboxylic acids is 1. The van der Waals surface area contributed by atoms with Crippen LogP contribution in [0, 0.1) is 11.3 Å². The molecule has 22 heavy (non-hydrogen) atoms. The van der Waals surface area contributed by atoms with E-state index in [-0.39, 0.29) is 27.0 Å². The Bertz CT molecular complexity index is 885. The summed E-state index contributed by atoms with van der Waals surface area (Å²) in [7, 11) is -4.11. The van der Waals surface area contributed by atoms with Crippen molar-refractivity contribution in [2.75, 3.05) is 0 Å². The Morgan fingerprint density at radius 1 is 1.23 bits per heavy atom. The monoisotopic (exact) mass is 335 g/mol. The molecule has 0 N–H and O–H groups in total. The number of rotatable bonds is 4. The van der Waals surface area contributed by atoms with Crippen molar-refractivity contribution >= 4 is 27.5 Å². The minimum absolute atomic E-state index is 0.0182. The molecule has 5 nitrogen and oxygen atoms in total. The summed E-state index contributed by atoms with van der Waals surface area (Å²) < 4.78 is 29.4. The van der Waals surface area contributed by atoms with Gasteiger partial charge in [0.1, 0.15) is 16.7 Å². The number of nitrogens with zero attached hydrogens (tertiary/aromatic N) is 1. The van der Waals surface area contributed by atoms with Gasteiger partial charge in [0, 0.05) is 5.56 Å². The zero-order chi connectivity index (χ0) is 16.3. The van der Waals surface area contributed by atoms with Gasteiger partial charge in [-0.1, -0.05) is 23.7 Å². The molecule has 0 aliphatic carbocycles. The molecule has 0 heterocycles. The third-order valence-electron chi connectivity index (χ3n) is 2.80. The first-order chi connectivity index (χ1) is 10.3. The van der Waals surface area contributed by atoms with E-state index in [9.17, 15) is 13.2 Å². The predicted octanol–water partition coefficient (Wildman–Crippen LogP) is 3.18. The van der Waals surface area contributed by atoms with E-state index in [0.717, 1.165) is 6.07 Å². The van der Waals surface area contributed by atoms with Crippen LogP contribution in [0.2, 0.25) is 5.02 Å². The average Bonchev–Trinajstić information content (AvgIpc) is 2.47. The van der Waals surface area contributed by atoms with E-state index in [1.54, 1.807) is 6.07 Å². The maximum atomic E-state index is 12.2. The molecule has 0 bridgehead atoms. The third-order valence-corrected chi connectivity index (χ3v) is 4.35. The van der Waals surface area contributed by atoms with E-state index >= 15 is 0 Å². The highest BCUT2D eigenvalue weighted by atomic mass is 35.5. The molecule has 0 aliphatic heterocycles. The van der Waals surface area contributed by atoms with Gasteiger partial charge in [0.05, 0.1) is 10.6 Å². The van der Waals surface area contributed by atoms with Crippen LogP contribution in [0.4, 0.5) is 0 Å². The number of halogens is 1. The van der Waals surface area contributed by atoms with Crippen molar-refractivity contribution in [2.24, 2.45) is 0 Å². The molecule has 0 unspecified atom stereocenters. The molecule has 7 heteroatoms. The van der Waals surface area contributed by atoms with Crippen LogP contribution in [0.25, 0.3) is 0 Å². The molecule has 2 rings (SSSR count). The van der Waals surface area contributed by atoms with Gasteiger partial charge in [-0.25, -0.2) is 0 Å². The van der Waals surface area contributed by atoms with E-state index in [2.05, 4.69) is 0 Å². The molecular weight excluding hydrogens is 326 g/mol. The lowest BCUT2D eigenvalue weighted by molar-refractivity contribution is 0.101. The zero-order valence-electron chi connectivity index (χ0n) is 11.4. The highest BCUT2D eigenvalue weighted by molar-refractivity contribution is 7.87. The number of nitriles is 1. The van der Waals surface area contributed by atoms with Crippen LogP contribution in [0.1, 0.15) is 22.8 Å². The summed E-state index contributed by atoms with van der Waals surface area (Å²) in [4.78, 5) is 11.1. The Balaban J connectivity index is 2.36. The van der Waals surface area contributed by atoms with Crippen LogP contribution in [-0.2, 0) is 10.1 Å². The van der Waals surface area contributed by atoms with Gasteiger partial charge in [0.15, 0.2) is 5.78 Å². The van der Waals surface area contributed by atoms with Crippen LogP contribution in [0.5, 0.6) is 5.75 Å². The fourth-order valence-corrected chi connectivity index (χ4v) is 2.92. The normalized spacial score (nSPS) is 10.8. The van der Waals surface area contributed by atoms with Gasteiger partial charge < -0.3 is 4.18 Å². The maximum absolute atomic E-state index is 12.2. The predicted molar refractivity (Wildman–Crippen MR) is 80.4 cm³/mol. The molecule has 0 amide bonds. The molecule has 0 radical (unpaired) electrons. The average molecular weight is 336 g/mol. The highest BCUT2D eigenvalue weighted by Gasteiger charge is 2.18. The molecule has 0 saturated heterocycles. The number of carbonyl (C=O) groups is 1. The van der Waals surface area contributed by atoms with E-state index < -0.39 is 10.1 Å². The first-order valence-corrected chi connectivity index (χ1v) is 7.87. The SMILES string of the molecule is CC(=O)c1cccc(OS(=O)(=O)c2ccc(C#N)c(Cl)c2)c1. The van der Waals surface area contributed by atoms with Crippen LogP contribution in [-0.4, -0.2) is 14.2 Å². The van der Waals surface area contributed by atoms with Crippen LogP contribution < -0.4 is 4.18 Å². The summed E-state index contributed by atoms with van der Waals surface area (Å²) in [5.74, 6) is -0.183. The third kappa shape index (κ3) is 3.45. The first-order valence-electron chi connectivity index (χ1n) is 6.08. The molecule has 2 aromatic rings. The Hall–Kier alpha value is -2.36. The Morgan fingerprint density at radius 2 is 1.95 bits per heavy atom. The summed E-state index contributed by atoms with van der Waals surface area (Å²) >= 11 is 5.82. The van der Waals surface area contributed by atoms with Crippen molar-refractivity contribution in [3.8, 4) is 11.8 Å². The van der Waals surface area contributed by atoms with Crippen molar-refractivity contribution in [1.82, 2.24) is 0 Å². The van der Waals surface area contributed by atoms with Gasteiger partial charge in [0.2, 0.25) is 0 Å². The fraction of sp³-hybridized carbons (Fsp3) is 0.0667. The molecule has 0 fully saturated rings. The molecular formula is C15H10ClNO4S. The first kappa shape index (κ1) is 16.0. The van der Waals surface area contributed by atoms with Crippen molar-refractivity contribution in [3.63, 3.8) is 0 Å². The number of benzene rings is 2. The summed E-state index contributed by atoms with van der Waals surface area (Å²) in [6.45, 7) is 1.37. The Kier molecular flexibility index (Phi) is 4.50. The van der Waals surface area contributed by atoms with Crippen molar-refractivity contribution < 1.29 is 17.4 Å². The van der Waals surface area contributed by atoms with E-state index in [1.807, 2.05) is 6.07 Å². The lowest BCUT2D eigenvalue weighted by Crippen LogP contribution is -2.10. The van der Waals surface area contributed by atoms with E-state index in [0.29, 0.717) is 5.56 Å². The van der Waals surface area contributed by atoms with Crippen LogP contribution in [0.3, 0.4) is 0 Å². The smallest absolute Gasteiger partial charge is 0.339 e. The number of Topliss-reactive ketones (excluding diaryl/α,β-unsaturated/α-hetero) is 1. The van der Waals surface area contributed by atoms with Gasteiger partial charge in [0.25, 0.3) is 0 Å². The second-order valence-corrected chi connectivity index (χ2v) is 6.33. The number of hydrogen-bond donors (Lipinski definition) is 0. The molecule has 0 aromatic heterocycles. The number of hydrogen-bond acceptors (Lipinski definition) is 5. The summed E-state index contributed by atoms with van der Waals surface area (Å²) in [5.41, 5.74) is 0.504. The second-order valence-electron chi connectivity index (χ2n) is 4.37. The van der Waals surface area contributed by atoms with Gasteiger partial charge in [-0.3, -0.25) is 4.79 Å². The summed E-state index contributed by atoms with van der Waals surface area (Å²) in [5, 5.41) is 8.80. The van der Waals surface area contributed by atoms with E-state index in [1.165, 1.54) is 37.3 Å². The fourth-order valence-electron chi connectivity index (χ4n) is 1.68.